The largest absolute Gasteiger partial charge is 0.451 e. The van der Waals surface area contributed by atoms with Crippen LogP contribution in [0.1, 0.15) is 24.5 Å². The third-order valence-corrected chi connectivity index (χ3v) is 4.18. The van der Waals surface area contributed by atoms with Crippen LogP contribution in [-0.2, 0) is 20.3 Å². The Morgan fingerprint density at radius 2 is 2.00 bits per heavy atom. The SMILES string of the molecule is Cc1ccc(CCC(OPP)C(C)C(=O)OP)cc1. The molecule has 0 aliphatic carbocycles. The topological polar surface area (TPSA) is 35.5 Å². The van der Waals surface area contributed by atoms with Crippen molar-refractivity contribution in [2.75, 3.05) is 0 Å². The summed E-state index contributed by atoms with van der Waals surface area (Å²) in [4.78, 5) is 11.6. The van der Waals surface area contributed by atoms with Crippen LogP contribution in [0.3, 0.4) is 0 Å². The highest BCUT2D eigenvalue weighted by Crippen LogP contribution is 2.29. The molecule has 6 heteroatoms. The van der Waals surface area contributed by atoms with E-state index >= 15 is 0 Å². The third kappa shape index (κ3) is 5.84. The van der Waals surface area contributed by atoms with E-state index in [0.29, 0.717) is 8.50 Å². The Kier molecular flexibility index (Phi) is 8.03. The number of rotatable bonds is 7. The molecule has 0 aliphatic heterocycles. The third-order valence-electron chi connectivity index (χ3n) is 3.10. The predicted molar refractivity (Wildman–Crippen MR) is 87.4 cm³/mol. The highest BCUT2D eigenvalue weighted by Gasteiger charge is 2.25. The van der Waals surface area contributed by atoms with Crippen molar-refractivity contribution in [3.8, 4) is 0 Å². The highest BCUT2D eigenvalue weighted by atomic mass is 32.0. The number of benzene rings is 1. The monoisotopic (exact) mass is 318 g/mol. The second-order valence-electron chi connectivity index (χ2n) is 4.52. The minimum absolute atomic E-state index is 0.106. The Bertz CT molecular complexity index is 395. The molecule has 0 saturated carbocycles. The molecule has 3 nitrogen and oxygen atoms in total. The van der Waals surface area contributed by atoms with Gasteiger partial charge in [-0.15, -0.1) is 0 Å². The minimum atomic E-state index is -0.254. The summed E-state index contributed by atoms with van der Waals surface area (Å²) in [6.07, 6.45) is 1.60. The van der Waals surface area contributed by atoms with Crippen molar-refractivity contribution in [1.29, 1.82) is 0 Å². The summed E-state index contributed by atoms with van der Waals surface area (Å²) in [6, 6.07) is 8.44. The van der Waals surface area contributed by atoms with Gasteiger partial charge in [0, 0.05) is 8.50 Å². The van der Waals surface area contributed by atoms with Crippen LogP contribution >= 0.6 is 26.9 Å². The van der Waals surface area contributed by atoms with Gasteiger partial charge in [-0.05, 0) is 32.3 Å². The summed E-state index contributed by atoms with van der Waals surface area (Å²) in [5, 5.41) is 0. The summed E-state index contributed by atoms with van der Waals surface area (Å²) in [6.45, 7) is 3.92. The molecule has 0 fully saturated rings. The van der Waals surface area contributed by atoms with Gasteiger partial charge in [-0.3, -0.25) is 4.79 Å². The molecule has 0 spiro atoms. The summed E-state index contributed by atoms with van der Waals surface area (Å²) in [7, 11) is 4.84. The van der Waals surface area contributed by atoms with E-state index in [9.17, 15) is 4.79 Å². The molecule has 5 atom stereocenters. The second-order valence-corrected chi connectivity index (χ2v) is 5.94. The molecule has 1 aromatic carbocycles. The zero-order valence-electron chi connectivity index (χ0n) is 11.3. The van der Waals surface area contributed by atoms with Crippen molar-refractivity contribution in [3.63, 3.8) is 0 Å². The van der Waals surface area contributed by atoms with Crippen LogP contribution in [0.15, 0.2) is 24.3 Å². The molecule has 0 amide bonds. The zero-order valence-corrected chi connectivity index (χ0v) is 14.6. The van der Waals surface area contributed by atoms with E-state index in [2.05, 4.69) is 40.1 Å². The lowest BCUT2D eigenvalue weighted by Gasteiger charge is -2.21. The van der Waals surface area contributed by atoms with Crippen molar-refractivity contribution in [3.05, 3.63) is 35.4 Å². The lowest BCUT2D eigenvalue weighted by molar-refractivity contribution is -0.140. The first-order chi connectivity index (χ1) is 9.08. The van der Waals surface area contributed by atoms with Crippen LogP contribution in [0.4, 0.5) is 0 Å². The molecule has 0 bridgehead atoms. The Morgan fingerprint density at radius 1 is 1.37 bits per heavy atom. The van der Waals surface area contributed by atoms with E-state index in [-0.39, 0.29) is 18.0 Å². The van der Waals surface area contributed by atoms with Gasteiger partial charge in [-0.2, -0.15) is 0 Å². The molecule has 106 valence electrons. The first-order valence-electron chi connectivity index (χ1n) is 6.15. The van der Waals surface area contributed by atoms with E-state index in [1.807, 2.05) is 16.4 Å². The molecule has 0 radical (unpaired) electrons. The van der Waals surface area contributed by atoms with Gasteiger partial charge in [0.05, 0.1) is 21.5 Å². The molecule has 1 aromatic rings. The van der Waals surface area contributed by atoms with Gasteiger partial charge in [-0.1, -0.05) is 38.8 Å². The quantitative estimate of drug-likeness (QED) is 0.720. The average molecular weight is 318 g/mol. The number of carbonyl (C=O) groups excluding carboxylic acids is 1. The van der Waals surface area contributed by atoms with Gasteiger partial charge in [0.15, 0.2) is 0 Å². The summed E-state index contributed by atoms with van der Waals surface area (Å²) < 4.78 is 10.4. The van der Waals surface area contributed by atoms with Crippen molar-refractivity contribution in [1.82, 2.24) is 0 Å². The van der Waals surface area contributed by atoms with E-state index in [1.54, 1.807) is 0 Å². The molecule has 0 N–H and O–H groups in total. The van der Waals surface area contributed by atoms with E-state index in [1.165, 1.54) is 11.1 Å². The lowest BCUT2D eigenvalue weighted by atomic mass is 9.98. The van der Waals surface area contributed by atoms with Gasteiger partial charge in [-0.25, -0.2) is 0 Å². The smallest absolute Gasteiger partial charge is 0.313 e. The summed E-state index contributed by atoms with van der Waals surface area (Å²) in [5.41, 5.74) is 2.51. The highest BCUT2D eigenvalue weighted by molar-refractivity contribution is 8.00. The van der Waals surface area contributed by atoms with Crippen LogP contribution in [0, 0.1) is 12.8 Å². The Labute approximate surface area is 121 Å². The Balaban J connectivity index is 2.58. The van der Waals surface area contributed by atoms with Crippen LogP contribution < -0.4 is 0 Å². The van der Waals surface area contributed by atoms with E-state index in [4.69, 9.17) is 9.05 Å². The van der Waals surface area contributed by atoms with Crippen LogP contribution in [0.2, 0.25) is 0 Å². The van der Waals surface area contributed by atoms with Gasteiger partial charge in [0.1, 0.15) is 0 Å². The van der Waals surface area contributed by atoms with E-state index in [0.717, 1.165) is 12.8 Å². The maximum atomic E-state index is 11.6. The van der Waals surface area contributed by atoms with Gasteiger partial charge >= 0.3 is 5.97 Å². The van der Waals surface area contributed by atoms with Gasteiger partial charge in [0.2, 0.25) is 0 Å². The van der Waals surface area contributed by atoms with Crippen molar-refractivity contribution >= 4 is 32.9 Å². The van der Waals surface area contributed by atoms with Crippen LogP contribution in [-0.4, -0.2) is 12.1 Å². The molecular formula is C13H21O3P3. The fourth-order valence-corrected chi connectivity index (χ4v) is 3.06. The summed E-state index contributed by atoms with van der Waals surface area (Å²) in [5.74, 6) is -0.502. The van der Waals surface area contributed by atoms with Crippen LogP contribution in [0.5, 0.6) is 0 Å². The van der Waals surface area contributed by atoms with Crippen LogP contribution in [0.25, 0.3) is 0 Å². The second kappa shape index (κ2) is 8.98. The van der Waals surface area contributed by atoms with Crippen molar-refractivity contribution in [2.45, 2.75) is 32.8 Å². The number of carbonyl (C=O) groups is 1. The standard InChI is InChI=1S/C13H21O3P3/c1-9-3-5-11(6-4-9)7-8-12(16-19-18)10(2)13(14)15-17/h3-6,10,12,19H,7-8,17-18H2,1-2H3. The molecule has 0 saturated heterocycles. The van der Waals surface area contributed by atoms with Gasteiger partial charge < -0.3 is 9.05 Å². The summed E-state index contributed by atoms with van der Waals surface area (Å²) >= 11 is 0. The number of hydrogen-bond acceptors (Lipinski definition) is 3. The molecule has 1 rings (SSSR count). The number of aryl methyl sites for hydroxylation is 2. The molecule has 0 aromatic heterocycles. The zero-order chi connectivity index (χ0) is 14.3. The first-order valence-corrected chi connectivity index (χ1v) is 9.34. The number of hydrogen-bond donors (Lipinski definition) is 0. The molecule has 5 unspecified atom stereocenters. The lowest BCUT2D eigenvalue weighted by Crippen LogP contribution is -2.27. The first kappa shape index (κ1) is 17.0. The average Bonchev–Trinajstić information content (AvgIpc) is 2.43. The van der Waals surface area contributed by atoms with E-state index < -0.39 is 0 Å². The maximum Gasteiger partial charge on any atom is 0.313 e. The maximum absolute atomic E-state index is 11.6. The molecule has 0 aliphatic rings. The molecular weight excluding hydrogens is 297 g/mol. The minimum Gasteiger partial charge on any atom is -0.451 e. The molecule has 0 heterocycles. The van der Waals surface area contributed by atoms with Crippen molar-refractivity contribution < 1.29 is 13.8 Å². The fourth-order valence-electron chi connectivity index (χ4n) is 1.82. The predicted octanol–water partition coefficient (Wildman–Crippen LogP) is 3.67. The molecule has 19 heavy (non-hydrogen) atoms. The Morgan fingerprint density at radius 3 is 2.53 bits per heavy atom. The Hall–Kier alpha value is -0.0600. The fraction of sp³-hybridized carbons (Fsp3) is 0.462. The van der Waals surface area contributed by atoms with Gasteiger partial charge in [0.25, 0.3) is 0 Å². The van der Waals surface area contributed by atoms with Crippen molar-refractivity contribution in [2.24, 2.45) is 5.92 Å². The normalized spacial score (nSPS) is 14.5.